The van der Waals surface area contributed by atoms with E-state index in [1.54, 1.807) is 0 Å². The molecule has 1 amide bonds. The summed E-state index contributed by atoms with van der Waals surface area (Å²) in [7, 11) is 0. The van der Waals surface area contributed by atoms with Crippen LogP contribution in [0.4, 0.5) is 0 Å². The molecule has 0 aromatic heterocycles. The first-order chi connectivity index (χ1) is 6.76. The molecule has 0 N–H and O–H groups in total. The average molecular weight is 192 g/mol. The van der Waals surface area contributed by atoms with Crippen LogP contribution in [0.25, 0.3) is 0 Å². The number of hydrogen-bond donors (Lipinski definition) is 0. The summed E-state index contributed by atoms with van der Waals surface area (Å²) in [5, 5.41) is 8.81. The molecule has 0 radical (unpaired) electrons. The van der Waals surface area contributed by atoms with Gasteiger partial charge in [0.1, 0.15) is 5.92 Å². The van der Waals surface area contributed by atoms with E-state index in [2.05, 4.69) is 6.07 Å². The topological polar surface area (TPSA) is 44.1 Å². The molecule has 2 fully saturated rings. The summed E-state index contributed by atoms with van der Waals surface area (Å²) in [6.07, 6.45) is 3.19. The summed E-state index contributed by atoms with van der Waals surface area (Å²) in [5.74, 6) is 1.14. The van der Waals surface area contributed by atoms with Gasteiger partial charge < -0.3 is 4.90 Å². The lowest BCUT2D eigenvalue weighted by Gasteiger charge is -2.27. The fourth-order valence-electron chi connectivity index (χ4n) is 2.48. The number of nitrogens with zero attached hydrogens (tertiary/aromatic N) is 2. The van der Waals surface area contributed by atoms with Gasteiger partial charge in [-0.05, 0) is 31.1 Å². The average Bonchev–Trinajstić information content (AvgIpc) is 2.45. The Kier molecular flexibility index (Phi) is 2.45. The lowest BCUT2D eigenvalue weighted by Crippen LogP contribution is -2.33. The second-order valence-corrected chi connectivity index (χ2v) is 4.43. The molecule has 1 heterocycles. The Morgan fingerprint density at radius 2 is 2.07 bits per heavy atom. The van der Waals surface area contributed by atoms with E-state index in [1.807, 2.05) is 11.8 Å². The van der Waals surface area contributed by atoms with Gasteiger partial charge in [-0.3, -0.25) is 4.79 Å². The molecule has 3 unspecified atom stereocenters. The molecule has 2 aliphatic rings. The molecule has 0 aromatic rings. The molecular weight excluding hydrogens is 176 g/mol. The summed E-state index contributed by atoms with van der Waals surface area (Å²) >= 11 is 0. The van der Waals surface area contributed by atoms with Gasteiger partial charge in [0, 0.05) is 13.1 Å². The van der Waals surface area contributed by atoms with Crippen molar-refractivity contribution in [1.82, 2.24) is 4.90 Å². The van der Waals surface area contributed by atoms with Gasteiger partial charge >= 0.3 is 0 Å². The number of nitriles is 1. The Bertz CT molecular complexity index is 270. The van der Waals surface area contributed by atoms with Gasteiger partial charge in [0.25, 0.3) is 0 Å². The van der Waals surface area contributed by atoms with Gasteiger partial charge in [0.2, 0.25) is 5.91 Å². The maximum Gasteiger partial charge on any atom is 0.239 e. The number of carbonyl (C=O) groups is 1. The van der Waals surface area contributed by atoms with Crippen molar-refractivity contribution in [2.24, 2.45) is 17.8 Å². The Labute approximate surface area is 84.7 Å². The number of carbonyl (C=O) groups excluding carboxylic acids is 1. The van der Waals surface area contributed by atoms with Crippen LogP contribution in [0.15, 0.2) is 0 Å². The molecule has 3 atom stereocenters. The van der Waals surface area contributed by atoms with E-state index < -0.39 is 5.92 Å². The highest BCUT2D eigenvalue weighted by atomic mass is 16.2. The molecule has 1 saturated carbocycles. The Hall–Kier alpha value is -1.04. The van der Waals surface area contributed by atoms with Gasteiger partial charge in [-0.25, -0.2) is 0 Å². The Morgan fingerprint density at radius 1 is 1.50 bits per heavy atom. The maximum atomic E-state index is 11.8. The number of hydrogen-bond acceptors (Lipinski definition) is 2. The normalized spacial score (nSPS) is 31.6. The summed E-state index contributed by atoms with van der Waals surface area (Å²) < 4.78 is 0. The quantitative estimate of drug-likeness (QED) is 0.664. The maximum absolute atomic E-state index is 11.8. The second-order valence-electron chi connectivity index (χ2n) is 4.43. The highest BCUT2D eigenvalue weighted by Gasteiger charge is 2.41. The van der Waals surface area contributed by atoms with Crippen LogP contribution in [-0.4, -0.2) is 23.9 Å². The third-order valence-electron chi connectivity index (χ3n) is 3.66. The van der Waals surface area contributed by atoms with Crippen molar-refractivity contribution in [2.45, 2.75) is 26.2 Å². The Morgan fingerprint density at radius 3 is 2.43 bits per heavy atom. The highest BCUT2D eigenvalue weighted by Crippen LogP contribution is 2.40. The van der Waals surface area contributed by atoms with E-state index in [1.165, 1.54) is 12.8 Å². The van der Waals surface area contributed by atoms with E-state index in [0.717, 1.165) is 24.9 Å². The highest BCUT2D eigenvalue weighted by molar-refractivity contribution is 5.81. The van der Waals surface area contributed by atoms with Crippen molar-refractivity contribution in [2.75, 3.05) is 13.1 Å². The molecule has 76 valence electrons. The number of amides is 1. The monoisotopic (exact) mass is 192 g/mol. The number of rotatable bonds is 2. The molecule has 1 aliphatic carbocycles. The van der Waals surface area contributed by atoms with Crippen LogP contribution in [0.3, 0.4) is 0 Å². The van der Waals surface area contributed by atoms with Gasteiger partial charge in [-0.15, -0.1) is 0 Å². The molecule has 14 heavy (non-hydrogen) atoms. The van der Waals surface area contributed by atoms with Crippen molar-refractivity contribution >= 4 is 5.91 Å². The molecule has 0 aromatic carbocycles. The molecule has 3 heteroatoms. The van der Waals surface area contributed by atoms with Crippen LogP contribution in [-0.2, 0) is 4.79 Å². The molecule has 1 saturated heterocycles. The lowest BCUT2D eigenvalue weighted by molar-refractivity contribution is -0.132. The first kappa shape index (κ1) is 9.51. The minimum Gasteiger partial charge on any atom is -0.341 e. The molecule has 0 spiro atoms. The third kappa shape index (κ3) is 1.39. The van der Waals surface area contributed by atoms with E-state index in [0.29, 0.717) is 6.42 Å². The summed E-state index contributed by atoms with van der Waals surface area (Å²) in [5.41, 5.74) is 0. The first-order valence-electron chi connectivity index (χ1n) is 5.44. The molecule has 2 rings (SSSR count). The van der Waals surface area contributed by atoms with Gasteiger partial charge in [0.05, 0.1) is 6.07 Å². The van der Waals surface area contributed by atoms with Crippen LogP contribution in [0.2, 0.25) is 0 Å². The standard InChI is InChI=1S/C11H16N2O/c1-2-8(5-12)11(14)13-6-9-3-4-10(9)7-13/h8-10H,2-4,6-7H2,1H3. The second kappa shape index (κ2) is 3.61. The van der Waals surface area contributed by atoms with Crippen molar-refractivity contribution in [3.05, 3.63) is 0 Å². The summed E-state index contributed by atoms with van der Waals surface area (Å²) in [6, 6.07) is 2.09. The van der Waals surface area contributed by atoms with Crippen LogP contribution < -0.4 is 0 Å². The zero-order valence-corrected chi connectivity index (χ0v) is 8.57. The van der Waals surface area contributed by atoms with E-state index in [9.17, 15) is 4.79 Å². The van der Waals surface area contributed by atoms with E-state index in [4.69, 9.17) is 5.26 Å². The van der Waals surface area contributed by atoms with E-state index >= 15 is 0 Å². The van der Waals surface area contributed by atoms with Gasteiger partial charge in [-0.1, -0.05) is 6.92 Å². The summed E-state index contributed by atoms with van der Waals surface area (Å²) in [4.78, 5) is 13.7. The molecule has 0 bridgehead atoms. The fraction of sp³-hybridized carbons (Fsp3) is 0.818. The van der Waals surface area contributed by atoms with E-state index in [-0.39, 0.29) is 5.91 Å². The lowest BCUT2D eigenvalue weighted by atomic mass is 9.77. The van der Waals surface area contributed by atoms with Crippen molar-refractivity contribution < 1.29 is 4.79 Å². The zero-order valence-electron chi connectivity index (χ0n) is 8.57. The number of fused-ring (bicyclic) bond motifs is 1. The van der Waals surface area contributed by atoms with Crippen molar-refractivity contribution in [3.8, 4) is 6.07 Å². The summed E-state index contributed by atoms with van der Waals surface area (Å²) in [6.45, 7) is 3.71. The SMILES string of the molecule is CCC(C#N)C(=O)N1CC2CCC2C1. The largest absolute Gasteiger partial charge is 0.341 e. The molecular formula is C11H16N2O. The van der Waals surface area contributed by atoms with Crippen LogP contribution >= 0.6 is 0 Å². The number of likely N-dealkylation sites (tertiary alicyclic amines) is 1. The molecule has 1 aliphatic heterocycles. The smallest absolute Gasteiger partial charge is 0.239 e. The minimum absolute atomic E-state index is 0.0596. The first-order valence-corrected chi connectivity index (χ1v) is 5.44. The van der Waals surface area contributed by atoms with Gasteiger partial charge in [-0.2, -0.15) is 5.26 Å². The van der Waals surface area contributed by atoms with Crippen molar-refractivity contribution in [3.63, 3.8) is 0 Å². The molecule has 3 nitrogen and oxygen atoms in total. The predicted octanol–water partition coefficient (Wildman–Crippen LogP) is 1.40. The van der Waals surface area contributed by atoms with Gasteiger partial charge in [0.15, 0.2) is 0 Å². The third-order valence-corrected chi connectivity index (χ3v) is 3.66. The predicted molar refractivity (Wildman–Crippen MR) is 52.2 cm³/mol. The zero-order chi connectivity index (χ0) is 10.1. The Balaban J connectivity index is 1.96. The van der Waals surface area contributed by atoms with Crippen LogP contribution in [0, 0.1) is 29.1 Å². The fourth-order valence-corrected chi connectivity index (χ4v) is 2.48. The minimum atomic E-state index is -0.410. The van der Waals surface area contributed by atoms with Crippen molar-refractivity contribution in [1.29, 1.82) is 5.26 Å². The van der Waals surface area contributed by atoms with Crippen LogP contribution in [0.5, 0.6) is 0 Å². The van der Waals surface area contributed by atoms with Crippen LogP contribution in [0.1, 0.15) is 26.2 Å².